The number of amides is 1. The zero-order chi connectivity index (χ0) is 16.0. The Balaban J connectivity index is 2.57. The lowest BCUT2D eigenvalue weighted by Gasteiger charge is -2.19. The minimum Gasteiger partial charge on any atom is -0.480 e. The smallest absolute Gasteiger partial charge is 0.407 e. The quantitative estimate of drug-likeness (QED) is 0.766. The first-order chi connectivity index (χ1) is 9.67. The molecular formula is C15H22N2O4. The molecule has 1 atom stereocenters. The van der Waals surface area contributed by atoms with Crippen molar-refractivity contribution in [1.29, 1.82) is 0 Å². The number of benzene rings is 1. The molecule has 0 saturated heterocycles. The number of nitrogens with one attached hydrogen (secondary N) is 1. The van der Waals surface area contributed by atoms with Gasteiger partial charge >= 0.3 is 12.1 Å². The molecule has 0 radical (unpaired) electrons. The number of nitrogens with two attached hydrogens (primary N) is 1. The lowest BCUT2D eigenvalue weighted by atomic mass is 10.0. The highest BCUT2D eigenvalue weighted by atomic mass is 16.6. The third-order valence-electron chi connectivity index (χ3n) is 2.60. The van der Waals surface area contributed by atoms with E-state index in [1.807, 2.05) is 12.1 Å². The van der Waals surface area contributed by atoms with Crippen LogP contribution in [0.2, 0.25) is 0 Å². The SMILES string of the molecule is CC(C)(C)OC(=O)NCc1cccc(C[C@@H](N)C(=O)O)c1. The van der Waals surface area contributed by atoms with E-state index in [4.69, 9.17) is 15.6 Å². The van der Waals surface area contributed by atoms with Gasteiger partial charge in [-0.1, -0.05) is 24.3 Å². The number of aliphatic carboxylic acids is 1. The van der Waals surface area contributed by atoms with Crippen molar-refractivity contribution in [2.24, 2.45) is 5.73 Å². The summed E-state index contributed by atoms with van der Waals surface area (Å²) in [5.74, 6) is -1.03. The monoisotopic (exact) mass is 294 g/mol. The summed E-state index contributed by atoms with van der Waals surface area (Å²) in [6, 6.07) is 6.34. The molecule has 0 fully saturated rings. The van der Waals surface area contributed by atoms with Gasteiger partial charge in [-0.05, 0) is 38.3 Å². The molecule has 0 aliphatic rings. The van der Waals surface area contributed by atoms with Crippen LogP contribution in [-0.4, -0.2) is 28.8 Å². The van der Waals surface area contributed by atoms with Crippen LogP contribution in [0, 0.1) is 0 Å². The third kappa shape index (κ3) is 6.76. The van der Waals surface area contributed by atoms with Crippen molar-refractivity contribution < 1.29 is 19.4 Å². The fourth-order valence-corrected chi connectivity index (χ4v) is 1.70. The molecule has 0 aliphatic heterocycles. The molecule has 116 valence electrons. The Bertz CT molecular complexity index is 509. The summed E-state index contributed by atoms with van der Waals surface area (Å²) in [6.07, 6.45) is -0.245. The predicted molar refractivity (Wildman–Crippen MR) is 78.8 cm³/mol. The van der Waals surface area contributed by atoms with Crippen molar-refractivity contribution in [1.82, 2.24) is 5.32 Å². The fraction of sp³-hybridized carbons (Fsp3) is 0.467. The van der Waals surface area contributed by atoms with E-state index in [0.29, 0.717) is 6.54 Å². The molecule has 0 bridgehead atoms. The second-order valence-electron chi connectivity index (χ2n) is 5.82. The molecule has 0 saturated carbocycles. The molecule has 4 N–H and O–H groups in total. The summed E-state index contributed by atoms with van der Waals surface area (Å²) >= 11 is 0. The van der Waals surface area contributed by atoms with E-state index in [1.165, 1.54) is 0 Å². The van der Waals surface area contributed by atoms with Crippen LogP contribution in [0.1, 0.15) is 31.9 Å². The van der Waals surface area contributed by atoms with Gasteiger partial charge in [0.25, 0.3) is 0 Å². The van der Waals surface area contributed by atoms with Crippen LogP contribution in [-0.2, 0) is 22.5 Å². The van der Waals surface area contributed by atoms with Crippen LogP contribution in [0.25, 0.3) is 0 Å². The van der Waals surface area contributed by atoms with Crippen LogP contribution in [0.4, 0.5) is 4.79 Å². The molecule has 1 amide bonds. The van der Waals surface area contributed by atoms with Crippen molar-refractivity contribution in [3.05, 3.63) is 35.4 Å². The van der Waals surface area contributed by atoms with E-state index in [-0.39, 0.29) is 6.42 Å². The zero-order valence-corrected chi connectivity index (χ0v) is 12.6. The number of carboxylic acids is 1. The summed E-state index contributed by atoms with van der Waals surface area (Å²) in [7, 11) is 0. The Morgan fingerprint density at radius 2 is 1.95 bits per heavy atom. The second-order valence-corrected chi connectivity index (χ2v) is 5.82. The summed E-state index contributed by atoms with van der Waals surface area (Å²) in [4.78, 5) is 22.3. The number of ether oxygens (including phenoxy) is 1. The molecule has 1 rings (SSSR count). The first kappa shape index (κ1) is 17.0. The third-order valence-corrected chi connectivity index (χ3v) is 2.60. The van der Waals surface area contributed by atoms with Crippen molar-refractivity contribution in [3.8, 4) is 0 Å². The molecule has 1 aromatic rings. The van der Waals surface area contributed by atoms with Gasteiger partial charge in [-0.2, -0.15) is 0 Å². The zero-order valence-electron chi connectivity index (χ0n) is 12.6. The lowest BCUT2D eigenvalue weighted by Crippen LogP contribution is -2.32. The highest BCUT2D eigenvalue weighted by Crippen LogP contribution is 2.09. The van der Waals surface area contributed by atoms with Crippen molar-refractivity contribution in [2.45, 2.75) is 45.4 Å². The van der Waals surface area contributed by atoms with Gasteiger partial charge in [0, 0.05) is 6.54 Å². The minimum absolute atomic E-state index is 0.246. The van der Waals surface area contributed by atoms with Gasteiger partial charge < -0.3 is 20.9 Å². The van der Waals surface area contributed by atoms with E-state index in [1.54, 1.807) is 32.9 Å². The largest absolute Gasteiger partial charge is 0.480 e. The molecule has 0 aliphatic carbocycles. The number of rotatable bonds is 5. The first-order valence-electron chi connectivity index (χ1n) is 6.70. The van der Waals surface area contributed by atoms with Crippen LogP contribution in [0.3, 0.4) is 0 Å². The normalized spacial score (nSPS) is 12.6. The average molecular weight is 294 g/mol. The molecule has 6 nitrogen and oxygen atoms in total. The van der Waals surface area contributed by atoms with Gasteiger partial charge in [-0.25, -0.2) is 4.79 Å². The van der Waals surface area contributed by atoms with Gasteiger partial charge in [0.1, 0.15) is 11.6 Å². The maximum absolute atomic E-state index is 11.6. The predicted octanol–water partition coefficient (Wildman–Crippen LogP) is 1.67. The van der Waals surface area contributed by atoms with Gasteiger partial charge in [-0.3, -0.25) is 4.79 Å². The fourth-order valence-electron chi connectivity index (χ4n) is 1.70. The number of carbonyl (C=O) groups is 2. The highest BCUT2D eigenvalue weighted by Gasteiger charge is 2.16. The Morgan fingerprint density at radius 3 is 2.52 bits per heavy atom. The van der Waals surface area contributed by atoms with E-state index in [2.05, 4.69) is 5.32 Å². The molecular weight excluding hydrogens is 272 g/mol. The highest BCUT2D eigenvalue weighted by molar-refractivity contribution is 5.73. The number of hydrogen-bond donors (Lipinski definition) is 3. The van der Waals surface area contributed by atoms with Gasteiger partial charge in [-0.15, -0.1) is 0 Å². The summed E-state index contributed by atoms with van der Waals surface area (Å²) in [5.41, 5.74) is 6.63. The summed E-state index contributed by atoms with van der Waals surface area (Å²) in [6.45, 7) is 5.69. The molecule has 0 aromatic heterocycles. The Kier molecular flexibility index (Phi) is 5.72. The minimum atomic E-state index is -1.03. The van der Waals surface area contributed by atoms with Crippen LogP contribution >= 0.6 is 0 Å². The summed E-state index contributed by atoms with van der Waals surface area (Å²) in [5, 5.41) is 11.4. The van der Waals surface area contributed by atoms with Crippen molar-refractivity contribution in [2.75, 3.05) is 0 Å². The first-order valence-corrected chi connectivity index (χ1v) is 6.70. The van der Waals surface area contributed by atoms with Crippen LogP contribution < -0.4 is 11.1 Å². The average Bonchev–Trinajstić information content (AvgIpc) is 2.34. The molecule has 0 heterocycles. The van der Waals surface area contributed by atoms with Crippen molar-refractivity contribution >= 4 is 12.1 Å². The maximum Gasteiger partial charge on any atom is 0.407 e. The molecule has 21 heavy (non-hydrogen) atoms. The van der Waals surface area contributed by atoms with Gasteiger partial charge in [0.2, 0.25) is 0 Å². The van der Waals surface area contributed by atoms with Crippen LogP contribution in [0.5, 0.6) is 0 Å². The van der Waals surface area contributed by atoms with E-state index in [0.717, 1.165) is 11.1 Å². The lowest BCUT2D eigenvalue weighted by molar-refractivity contribution is -0.138. The van der Waals surface area contributed by atoms with Crippen molar-refractivity contribution in [3.63, 3.8) is 0 Å². The Morgan fingerprint density at radius 1 is 1.33 bits per heavy atom. The van der Waals surface area contributed by atoms with Gasteiger partial charge in [0.05, 0.1) is 0 Å². The summed E-state index contributed by atoms with van der Waals surface area (Å²) < 4.78 is 5.14. The number of alkyl carbamates (subject to hydrolysis) is 1. The van der Waals surface area contributed by atoms with Gasteiger partial charge in [0.15, 0.2) is 0 Å². The number of carbonyl (C=O) groups excluding carboxylic acids is 1. The molecule has 6 heteroatoms. The Hall–Kier alpha value is -2.08. The van der Waals surface area contributed by atoms with Crippen LogP contribution in [0.15, 0.2) is 24.3 Å². The molecule has 1 aromatic carbocycles. The van der Waals surface area contributed by atoms with E-state index < -0.39 is 23.7 Å². The standard InChI is InChI=1S/C15H22N2O4/c1-15(2,3)21-14(20)17-9-11-6-4-5-10(7-11)8-12(16)13(18)19/h4-7,12H,8-9,16H2,1-3H3,(H,17,20)(H,18,19)/t12-/m1/s1. The second kappa shape index (κ2) is 7.08. The maximum atomic E-state index is 11.6. The molecule has 0 spiro atoms. The Labute approximate surface area is 124 Å². The van der Waals surface area contributed by atoms with E-state index in [9.17, 15) is 9.59 Å². The topological polar surface area (TPSA) is 102 Å². The number of carboxylic acid groups (broad SMARTS) is 1. The molecule has 0 unspecified atom stereocenters. The number of hydrogen-bond acceptors (Lipinski definition) is 4. The van der Waals surface area contributed by atoms with E-state index >= 15 is 0 Å².